The molecule has 0 aliphatic heterocycles. The van der Waals surface area contributed by atoms with Gasteiger partial charge in [0.1, 0.15) is 0 Å². The van der Waals surface area contributed by atoms with Crippen LogP contribution >= 0.6 is 0 Å². The van der Waals surface area contributed by atoms with Gasteiger partial charge in [0.25, 0.3) is 0 Å². The zero-order valence-electron chi connectivity index (χ0n) is 15.0. The number of nitrogens with two attached hydrogens (primary N) is 1. The molecule has 0 atom stereocenters. The molecule has 5 nitrogen and oxygen atoms in total. The van der Waals surface area contributed by atoms with Crippen LogP contribution in [0.5, 0.6) is 0 Å². The predicted octanol–water partition coefficient (Wildman–Crippen LogP) is 3.69. The molecule has 0 amide bonds. The number of hydrogen-bond acceptors (Lipinski definition) is 3. The molecule has 0 fully saturated rings. The molecule has 5 heteroatoms. The van der Waals surface area contributed by atoms with Crippen molar-refractivity contribution in [3.8, 4) is 0 Å². The van der Waals surface area contributed by atoms with Crippen LogP contribution in [0.4, 0.5) is 5.69 Å². The van der Waals surface area contributed by atoms with Gasteiger partial charge in [-0.25, -0.2) is 4.99 Å². The highest BCUT2D eigenvalue weighted by Gasteiger charge is 2.04. The summed E-state index contributed by atoms with van der Waals surface area (Å²) in [5, 5.41) is 3.15. The third-order valence-corrected chi connectivity index (χ3v) is 3.72. The van der Waals surface area contributed by atoms with Crippen LogP contribution in [0.3, 0.4) is 0 Å². The molecule has 0 aliphatic carbocycles. The van der Waals surface area contributed by atoms with Crippen molar-refractivity contribution in [1.29, 1.82) is 0 Å². The molecule has 0 aliphatic rings. The second kappa shape index (κ2) is 10.5. The zero-order chi connectivity index (χ0) is 17.9. The number of ether oxygens (including phenoxy) is 2. The summed E-state index contributed by atoms with van der Waals surface area (Å²) in [6.45, 7) is 4.50. The summed E-state index contributed by atoms with van der Waals surface area (Å²) in [7, 11) is 1.67. The molecule has 0 aromatic heterocycles. The number of rotatable bonds is 9. The van der Waals surface area contributed by atoms with Gasteiger partial charge in [0.05, 0.1) is 19.8 Å². The largest absolute Gasteiger partial charge is 0.380 e. The third kappa shape index (κ3) is 6.21. The normalized spacial score (nSPS) is 11.5. The predicted molar refractivity (Wildman–Crippen MR) is 102 cm³/mol. The van der Waals surface area contributed by atoms with Crippen molar-refractivity contribution in [3.63, 3.8) is 0 Å². The number of hydrogen-bond donors (Lipinski definition) is 2. The van der Waals surface area contributed by atoms with Crippen LogP contribution in [-0.2, 0) is 29.2 Å². The maximum Gasteiger partial charge on any atom is 0.193 e. The summed E-state index contributed by atoms with van der Waals surface area (Å²) in [6, 6.07) is 16.0. The lowest BCUT2D eigenvalue weighted by atomic mass is 10.1. The van der Waals surface area contributed by atoms with Crippen molar-refractivity contribution in [1.82, 2.24) is 0 Å². The van der Waals surface area contributed by atoms with E-state index in [1.54, 1.807) is 7.11 Å². The number of anilines is 1. The summed E-state index contributed by atoms with van der Waals surface area (Å²) in [5.41, 5.74) is 10.3. The van der Waals surface area contributed by atoms with Gasteiger partial charge in [-0.15, -0.1) is 0 Å². The third-order valence-electron chi connectivity index (χ3n) is 3.72. The Balaban J connectivity index is 2.02. The van der Waals surface area contributed by atoms with Crippen molar-refractivity contribution < 1.29 is 9.47 Å². The Bertz CT molecular complexity index is 686. The molecular formula is C20H27N3O2. The van der Waals surface area contributed by atoms with Gasteiger partial charge in [0.2, 0.25) is 0 Å². The smallest absolute Gasteiger partial charge is 0.193 e. The van der Waals surface area contributed by atoms with E-state index in [4.69, 9.17) is 15.2 Å². The van der Waals surface area contributed by atoms with Crippen LogP contribution in [0, 0.1) is 0 Å². The van der Waals surface area contributed by atoms with E-state index in [1.807, 2.05) is 36.4 Å². The molecule has 25 heavy (non-hydrogen) atoms. The summed E-state index contributed by atoms with van der Waals surface area (Å²) < 4.78 is 10.9. The molecule has 0 radical (unpaired) electrons. The molecule has 2 rings (SSSR count). The van der Waals surface area contributed by atoms with E-state index in [0.717, 1.165) is 35.4 Å². The van der Waals surface area contributed by atoms with Gasteiger partial charge in [-0.3, -0.25) is 0 Å². The molecule has 0 saturated heterocycles. The lowest BCUT2D eigenvalue weighted by Gasteiger charge is -2.12. The van der Waals surface area contributed by atoms with Gasteiger partial charge in [-0.1, -0.05) is 49.4 Å². The minimum atomic E-state index is 0.382. The molecule has 2 aromatic rings. The fraction of sp³-hybridized carbons (Fsp3) is 0.350. The standard InChI is InChI=1S/C20H27N3O2/c1-3-12-25-15-17-9-5-4-8-16(17)13-22-20(21)23-19-11-7-6-10-18(19)14-24-2/h4-11H,3,12-15H2,1-2H3,(H3,21,22,23). The number of guanidine groups is 1. The number of nitrogens with zero attached hydrogens (tertiary/aromatic N) is 1. The second-order valence-electron chi connectivity index (χ2n) is 5.74. The van der Waals surface area contributed by atoms with Crippen LogP contribution in [0.2, 0.25) is 0 Å². The molecule has 3 N–H and O–H groups in total. The highest BCUT2D eigenvalue weighted by Crippen LogP contribution is 2.16. The van der Waals surface area contributed by atoms with E-state index in [-0.39, 0.29) is 0 Å². The molecule has 0 unspecified atom stereocenters. The molecule has 134 valence electrons. The lowest BCUT2D eigenvalue weighted by molar-refractivity contribution is 0.121. The first-order valence-corrected chi connectivity index (χ1v) is 8.53. The van der Waals surface area contributed by atoms with Crippen LogP contribution in [0.15, 0.2) is 53.5 Å². The maximum absolute atomic E-state index is 6.06. The Kier molecular flexibility index (Phi) is 7.95. The SMILES string of the molecule is CCCOCc1ccccc1CN=C(N)Nc1ccccc1COC. The van der Waals surface area contributed by atoms with Crippen LogP contribution < -0.4 is 11.1 Å². The zero-order valence-corrected chi connectivity index (χ0v) is 15.0. The van der Waals surface area contributed by atoms with E-state index >= 15 is 0 Å². The first-order valence-electron chi connectivity index (χ1n) is 8.53. The lowest BCUT2D eigenvalue weighted by Crippen LogP contribution is -2.23. The van der Waals surface area contributed by atoms with Crippen LogP contribution in [0.25, 0.3) is 0 Å². The summed E-state index contributed by atoms with van der Waals surface area (Å²) in [4.78, 5) is 4.47. The van der Waals surface area contributed by atoms with Crippen molar-refractivity contribution in [2.24, 2.45) is 10.7 Å². The quantitative estimate of drug-likeness (QED) is 0.415. The van der Waals surface area contributed by atoms with Crippen LogP contribution in [-0.4, -0.2) is 19.7 Å². The Morgan fingerprint density at radius 2 is 1.68 bits per heavy atom. The van der Waals surface area contributed by atoms with Crippen molar-refractivity contribution in [3.05, 3.63) is 65.2 Å². The van der Waals surface area contributed by atoms with E-state index in [9.17, 15) is 0 Å². The molecular weight excluding hydrogens is 314 g/mol. The van der Waals surface area contributed by atoms with Crippen molar-refractivity contribution in [2.75, 3.05) is 19.0 Å². The van der Waals surface area contributed by atoms with E-state index in [0.29, 0.717) is 25.7 Å². The number of methoxy groups -OCH3 is 1. The number of aliphatic imine (C=N–C) groups is 1. The Labute approximate surface area is 149 Å². The molecule has 2 aromatic carbocycles. The number of para-hydroxylation sites is 1. The number of nitrogens with one attached hydrogen (secondary N) is 1. The minimum absolute atomic E-state index is 0.382. The van der Waals surface area contributed by atoms with Gasteiger partial charge >= 0.3 is 0 Å². The topological polar surface area (TPSA) is 68.9 Å². The molecule has 0 heterocycles. The first-order chi connectivity index (χ1) is 12.2. The van der Waals surface area contributed by atoms with Crippen LogP contribution in [0.1, 0.15) is 30.0 Å². The fourth-order valence-electron chi connectivity index (χ4n) is 2.45. The Hall–Kier alpha value is -2.37. The Morgan fingerprint density at radius 3 is 2.40 bits per heavy atom. The van der Waals surface area contributed by atoms with Gasteiger partial charge < -0.3 is 20.5 Å². The van der Waals surface area contributed by atoms with Gasteiger partial charge in [-0.05, 0) is 23.6 Å². The van der Waals surface area contributed by atoms with E-state index < -0.39 is 0 Å². The molecule has 0 saturated carbocycles. The van der Waals surface area contributed by atoms with Crippen molar-refractivity contribution >= 4 is 11.6 Å². The van der Waals surface area contributed by atoms with Gasteiger partial charge in [-0.2, -0.15) is 0 Å². The van der Waals surface area contributed by atoms with E-state index in [1.165, 1.54) is 0 Å². The van der Waals surface area contributed by atoms with Gasteiger partial charge in [0, 0.05) is 25.0 Å². The number of benzene rings is 2. The highest BCUT2D eigenvalue weighted by atomic mass is 16.5. The maximum atomic E-state index is 6.06. The average molecular weight is 341 g/mol. The summed E-state index contributed by atoms with van der Waals surface area (Å²) in [6.07, 6.45) is 1.01. The fourth-order valence-corrected chi connectivity index (χ4v) is 2.45. The minimum Gasteiger partial charge on any atom is -0.380 e. The van der Waals surface area contributed by atoms with E-state index in [2.05, 4.69) is 29.4 Å². The average Bonchev–Trinajstić information content (AvgIpc) is 2.63. The first kappa shape index (κ1) is 19.0. The van der Waals surface area contributed by atoms with Crippen molar-refractivity contribution in [2.45, 2.75) is 33.1 Å². The monoisotopic (exact) mass is 341 g/mol. The molecule has 0 bridgehead atoms. The summed E-state index contributed by atoms with van der Waals surface area (Å²) >= 11 is 0. The second-order valence-corrected chi connectivity index (χ2v) is 5.74. The Morgan fingerprint density at radius 1 is 1.00 bits per heavy atom. The highest BCUT2D eigenvalue weighted by molar-refractivity contribution is 5.92. The molecule has 0 spiro atoms. The summed E-state index contributed by atoms with van der Waals surface area (Å²) in [5.74, 6) is 0.382. The van der Waals surface area contributed by atoms with Gasteiger partial charge in [0.15, 0.2) is 5.96 Å².